The molecule has 27 heavy (non-hydrogen) atoms. The van der Waals surface area contributed by atoms with E-state index in [0.29, 0.717) is 18.8 Å². The third-order valence-electron chi connectivity index (χ3n) is 5.18. The maximum atomic E-state index is 12.4. The van der Waals surface area contributed by atoms with E-state index in [1.807, 2.05) is 24.3 Å². The van der Waals surface area contributed by atoms with Crippen LogP contribution in [0.15, 0.2) is 60.7 Å². The van der Waals surface area contributed by atoms with Gasteiger partial charge in [0, 0.05) is 12.1 Å². The van der Waals surface area contributed by atoms with Crippen LogP contribution in [0.4, 0.5) is 5.69 Å². The van der Waals surface area contributed by atoms with Crippen LogP contribution in [0.2, 0.25) is 0 Å². The maximum Gasteiger partial charge on any atom is 0.224 e. The van der Waals surface area contributed by atoms with E-state index in [4.69, 9.17) is 0 Å². The summed E-state index contributed by atoms with van der Waals surface area (Å²) < 4.78 is 0. The fourth-order valence-corrected chi connectivity index (χ4v) is 3.51. The fourth-order valence-electron chi connectivity index (χ4n) is 3.51. The molecule has 1 N–H and O–H groups in total. The Morgan fingerprint density at radius 2 is 2.15 bits per heavy atom. The predicted octanol–water partition coefficient (Wildman–Crippen LogP) is 5.68. The SMILES string of the molecule is C=C/C(=C\C=C/CC)CCC(=O)Nc1cccc(C2CCCN(C)CC2)c1. The highest BCUT2D eigenvalue weighted by molar-refractivity contribution is 5.90. The number of allylic oxidation sites excluding steroid dienone is 5. The zero-order valence-electron chi connectivity index (χ0n) is 16.9. The highest BCUT2D eigenvalue weighted by Crippen LogP contribution is 2.29. The van der Waals surface area contributed by atoms with Crippen molar-refractivity contribution in [2.75, 3.05) is 25.5 Å². The Kier molecular flexibility index (Phi) is 9.06. The standard InChI is InChI=1S/C24H34N2O/c1-4-6-7-10-20(5-2)14-15-24(27)25-23-13-8-11-22(19-23)21-12-9-17-26(3)18-16-21/h5-8,10-11,13,19,21H,2,4,9,12,14-18H2,1,3H3,(H,25,27)/b7-6-,20-10+. The summed E-state index contributed by atoms with van der Waals surface area (Å²) in [6.07, 6.45) is 13.8. The van der Waals surface area contributed by atoms with Gasteiger partial charge in [-0.2, -0.15) is 0 Å². The predicted molar refractivity (Wildman–Crippen MR) is 116 cm³/mol. The van der Waals surface area contributed by atoms with Gasteiger partial charge >= 0.3 is 0 Å². The molecule has 0 bridgehead atoms. The van der Waals surface area contributed by atoms with Crippen LogP contribution in [0.5, 0.6) is 0 Å². The van der Waals surface area contributed by atoms with Crippen molar-refractivity contribution in [2.24, 2.45) is 0 Å². The average Bonchev–Trinajstić information content (AvgIpc) is 2.89. The first kappa shape index (κ1) is 21.2. The molecule has 0 spiro atoms. The van der Waals surface area contributed by atoms with Crippen LogP contribution < -0.4 is 5.32 Å². The van der Waals surface area contributed by atoms with Gasteiger partial charge in [-0.05, 0) is 81.4 Å². The van der Waals surface area contributed by atoms with E-state index < -0.39 is 0 Å². The van der Waals surface area contributed by atoms with Crippen molar-refractivity contribution in [3.05, 3.63) is 66.3 Å². The Hall–Kier alpha value is -2.13. The molecule has 0 aromatic heterocycles. The van der Waals surface area contributed by atoms with Crippen LogP contribution in [0, 0.1) is 0 Å². The minimum Gasteiger partial charge on any atom is -0.326 e. The van der Waals surface area contributed by atoms with Gasteiger partial charge in [-0.1, -0.05) is 49.9 Å². The summed E-state index contributed by atoms with van der Waals surface area (Å²) >= 11 is 0. The van der Waals surface area contributed by atoms with E-state index in [-0.39, 0.29) is 5.91 Å². The lowest BCUT2D eigenvalue weighted by Gasteiger charge is -2.16. The number of amides is 1. The number of carbonyl (C=O) groups excluding carboxylic acids is 1. The van der Waals surface area contributed by atoms with Gasteiger partial charge in [-0.3, -0.25) is 4.79 Å². The quantitative estimate of drug-likeness (QED) is 0.600. The third kappa shape index (κ3) is 7.56. The van der Waals surface area contributed by atoms with Crippen molar-refractivity contribution >= 4 is 11.6 Å². The van der Waals surface area contributed by atoms with Crippen molar-refractivity contribution < 1.29 is 4.79 Å². The Bertz CT molecular complexity index is 675. The molecule has 3 heteroatoms. The summed E-state index contributed by atoms with van der Waals surface area (Å²) in [5.41, 5.74) is 3.34. The molecule has 1 aliphatic rings. The summed E-state index contributed by atoms with van der Waals surface area (Å²) in [4.78, 5) is 14.8. The molecule has 1 aromatic carbocycles. The van der Waals surface area contributed by atoms with E-state index in [2.05, 4.69) is 55.0 Å². The van der Waals surface area contributed by atoms with Crippen molar-refractivity contribution in [3.8, 4) is 0 Å². The molecule has 1 saturated heterocycles. The van der Waals surface area contributed by atoms with Gasteiger partial charge in [0.1, 0.15) is 0 Å². The van der Waals surface area contributed by atoms with Crippen LogP contribution >= 0.6 is 0 Å². The third-order valence-corrected chi connectivity index (χ3v) is 5.18. The first-order valence-electron chi connectivity index (χ1n) is 10.2. The van der Waals surface area contributed by atoms with Gasteiger partial charge in [0.05, 0.1) is 0 Å². The number of rotatable bonds is 8. The molecule has 1 atom stereocenters. The molecule has 1 unspecified atom stereocenters. The number of nitrogens with zero attached hydrogens (tertiary/aromatic N) is 1. The summed E-state index contributed by atoms with van der Waals surface area (Å²) in [5, 5.41) is 3.06. The Morgan fingerprint density at radius 3 is 2.93 bits per heavy atom. The normalized spacial score (nSPS) is 19.0. The second kappa shape index (κ2) is 11.6. The van der Waals surface area contributed by atoms with Crippen molar-refractivity contribution in [3.63, 3.8) is 0 Å². The Morgan fingerprint density at radius 1 is 1.30 bits per heavy atom. The Labute approximate surface area is 164 Å². The summed E-state index contributed by atoms with van der Waals surface area (Å²) in [6.45, 7) is 8.27. The summed E-state index contributed by atoms with van der Waals surface area (Å²) in [5.74, 6) is 0.646. The zero-order valence-corrected chi connectivity index (χ0v) is 16.9. The minimum absolute atomic E-state index is 0.0555. The first-order chi connectivity index (χ1) is 13.1. The molecule has 3 nitrogen and oxygen atoms in total. The van der Waals surface area contributed by atoms with Crippen molar-refractivity contribution in [2.45, 2.75) is 51.4 Å². The first-order valence-corrected chi connectivity index (χ1v) is 10.2. The lowest BCUT2D eigenvalue weighted by molar-refractivity contribution is -0.116. The van der Waals surface area contributed by atoms with Crippen LogP contribution in [0.1, 0.15) is 56.9 Å². The molecule has 1 amide bonds. The van der Waals surface area contributed by atoms with Crippen LogP contribution in [-0.2, 0) is 4.79 Å². The molecule has 2 rings (SSSR count). The van der Waals surface area contributed by atoms with Gasteiger partial charge in [0.2, 0.25) is 5.91 Å². The smallest absolute Gasteiger partial charge is 0.224 e. The van der Waals surface area contributed by atoms with Crippen molar-refractivity contribution in [1.29, 1.82) is 0 Å². The average molecular weight is 367 g/mol. The van der Waals surface area contributed by atoms with Crippen LogP contribution in [0.3, 0.4) is 0 Å². The second-order valence-electron chi connectivity index (χ2n) is 7.39. The second-order valence-corrected chi connectivity index (χ2v) is 7.39. The molecule has 0 saturated carbocycles. The molecule has 0 radical (unpaired) electrons. The number of hydrogen-bond acceptors (Lipinski definition) is 2. The van der Waals surface area contributed by atoms with Gasteiger partial charge in [0.25, 0.3) is 0 Å². The van der Waals surface area contributed by atoms with E-state index in [0.717, 1.165) is 24.2 Å². The van der Waals surface area contributed by atoms with Crippen molar-refractivity contribution in [1.82, 2.24) is 4.90 Å². The maximum absolute atomic E-state index is 12.4. The number of benzene rings is 1. The molecule has 1 heterocycles. The molecule has 0 aliphatic carbocycles. The number of likely N-dealkylation sites (tertiary alicyclic amines) is 1. The fraction of sp³-hybridized carbons (Fsp3) is 0.458. The van der Waals surface area contributed by atoms with Crippen LogP contribution in [-0.4, -0.2) is 30.9 Å². The van der Waals surface area contributed by atoms with Gasteiger partial charge < -0.3 is 10.2 Å². The van der Waals surface area contributed by atoms with Gasteiger partial charge in [-0.15, -0.1) is 0 Å². The van der Waals surface area contributed by atoms with Crippen LogP contribution in [0.25, 0.3) is 0 Å². The summed E-state index contributed by atoms with van der Waals surface area (Å²) in [7, 11) is 2.20. The lowest BCUT2D eigenvalue weighted by Crippen LogP contribution is -2.18. The largest absolute Gasteiger partial charge is 0.326 e. The Balaban J connectivity index is 1.91. The van der Waals surface area contributed by atoms with E-state index in [9.17, 15) is 4.79 Å². The van der Waals surface area contributed by atoms with Gasteiger partial charge in [0.15, 0.2) is 0 Å². The number of nitrogens with one attached hydrogen (secondary N) is 1. The minimum atomic E-state index is 0.0555. The van der Waals surface area contributed by atoms with E-state index in [1.54, 1.807) is 0 Å². The monoisotopic (exact) mass is 366 g/mol. The number of anilines is 1. The molecule has 1 aromatic rings. The molecule has 1 fully saturated rings. The lowest BCUT2D eigenvalue weighted by atomic mass is 9.92. The van der Waals surface area contributed by atoms with Gasteiger partial charge in [-0.25, -0.2) is 0 Å². The summed E-state index contributed by atoms with van der Waals surface area (Å²) in [6, 6.07) is 8.40. The molecule has 1 aliphatic heterocycles. The number of hydrogen-bond donors (Lipinski definition) is 1. The topological polar surface area (TPSA) is 32.3 Å². The van der Waals surface area contributed by atoms with E-state index >= 15 is 0 Å². The molecular formula is C24H34N2O. The zero-order chi connectivity index (χ0) is 19.5. The van der Waals surface area contributed by atoms with E-state index in [1.165, 1.54) is 31.4 Å². The highest BCUT2D eigenvalue weighted by atomic mass is 16.1. The number of carbonyl (C=O) groups is 1. The highest BCUT2D eigenvalue weighted by Gasteiger charge is 2.17. The molecular weight excluding hydrogens is 332 g/mol. The molecule has 146 valence electrons.